The average Bonchev–Trinajstić information content (AvgIpc) is 2.40. The maximum atomic E-state index is 13.0. The third kappa shape index (κ3) is 4.00. The number of nitrogens with one attached hydrogen (secondary N) is 1. The quantitative estimate of drug-likeness (QED) is 0.807. The molecule has 5 heteroatoms. The molecule has 0 aliphatic rings. The van der Waals surface area contributed by atoms with E-state index in [1.165, 1.54) is 12.1 Å². The molecule has 0 atom stereocenters. The minimum absolute atomic E-state index is 0.0955. The van der Waals surface area contributed by atoms with Crippen molar-refractivity contribution < 1.29 is 13.6 Å². The van der Waals surface area contributed by atoms with Gasteiger partial charge < -0.3 is 11.1 Å². The molecule has 1 aromatic rings. The third-order valence-electron chi connectivity index (χ3n) is 3.85. The van der Waals surface area contributed by atoms with Crippen molar-refractivity contribution >= 4 is 5.91 Å². The minimum Gasteiger partial charge on any atom is -0.355 e. The molecule has 0 saturated carbocycles. The number of carbonyl (C=O) groups excluding carboxylic acids is 1. The van der Waals surface area contributed by atoms with Crippen LogP contribution in [-0.2, 0) is 11.2 Å². The summed E-state index contributed by atoms with van der Waals surface area (Å²) in [6.45, 7) is 4.49. The Balaban J connectivity index is 2.57. The highest BCUT2D eigenvalue weighted by molar-refractivity contribution is 5.82. The lowest BCUT2D eigenvalue weighted by atomic mass is 9.81. The van der Waals surface area contributed by atoms with Crippen LogP contribution in [-0.4, -0.2) is 19.0 Å². The van der Waals surface area contributed by atoms with Gasteiger partial charge in [-0.25, -0.2) is 8.78 Å². The molecule has 0 unspecified atom stereocenters. The Bertz CT molecular complexity index is 431. The molecule has 112 valence electrons. The number of rotatable bonds is 7. The molecule has 1 aromatic carbocycles. The van der Waals surface area contributed by atoms with Crippen molar-refractivity contribution in [2.24, 2.45) is 11.1 Å². The van der Waals surface area contributed by atoms with Gasteiger partial charge in [-0.3, -0.25) is 4.79 Å². The second-order valence-electron chi connectivity index (χ2n) is 4.98. The van der Waals surface area contributed by atoms with E-state index in [4.69, 9.17) is 5.73 Å². The lowest BCUT2D eigenvalue weighted by Crippen LogP contribution is -2.45. The molecule has 20 heavy (non-hydrogen) atoms. The summed E-state index contributed by atoms with van der Waals surface area (Å²) in [7, 11) is 0. The van der Waals surface area contributed by atoms with Gasteiger partial charge in [-0.2, -0.15) is 0 Å². The Morgan fingerprint density at radius 3 is 2.20 bits per heavy atom. The van der Waals surface area contributed by atoms with Crippen LogP contribution in [0.5, 0.6) is 0 Å². The predicted octanol–water partition coefficient (Wildman–Crippen LogP) is 2.39. The largest absolute Gasteiger partial charge is 0.355 e. The molecule has 0 aromatic heterocycles. The number of carbonyl (C=O) groups is 1. The van der Waals surface area contributed by atoms with Crippen LogP contribution in [0.25, 0.3) is 0 Å². The second kappa shape index (κ2) is 7.33. The summed E-state index contributed by atoms with van der Waals surface area (Å²) >= 11 is 0. The van der Waals surface area contributed by atoms with Crippen molar-refractivity contribution in [1.29, 1.82) is 0 Å². The Morgan fingerprint density at radius 1 is 1.20 bits per heavy atom. The van der Waals surface area contributed by atoms with E-state index >= 15 is 0 Å². The molecule has 0 saturated heterocycles. The maximum Gasteiger partial charge on any atom is 0.227 e. The Kier molecular flexibility index (Phi) is 6.07. The van der Waals surface area contributed by atoms with Crippen molar-refractivity contribution in [3.8, 4) is 0 Å². The first-order valence-electron chi connectivity index (χ1n) is 6.90. The maximum absolute atomic E-state index is 13.0. The van der Waals surface area contributed by atoms with Gasteiger partial charge in [0.1, 0.15) is 11.6 Å². The second-order valence-corrected chi connectivity index (χ2v) is 4.98. The van der Waals surface area contributed by atoms with Crippen LogP contribution in [0.2, 0.25) is 0 Å². The first kappa shape index (κ1) is 16.6. The van der Waals surface area contributed by atoms with Gasteiger partial charge in [0.05, 0.1) is 5.41 Å². The van der Waals surface area contributed by atoms with Crippen molar-refractivity contribution in [1.82, 2.24) is 5.32 Å². The van der Waals surface area contributed by atoms with E-state index in [0.29, 0.717) is 37.9 Å². The predicted molar refractivity (Wildman–Crippen MR) is 75.1 cm³/mol. The molecule has 3 N–H and O–H groups in total. The summed E-state index contributed by atoms with van der Waals surface area (Å²) in [5, 5.41) is 2.80. The highest BCUT2D eigenvalue weighted by Gasteiger charge is 2.32. The van der Waals surface area contributed by atoms with E-state index in [0.717, 1.165) is 6.07 Å². The van der Waals surface area contributed by atoms with Crippen molar-refractivity contribution in [2.45, 2.75) is 33.1 Å². The Labute approximate surface area is 118 Å². The van der Waals surface area contributed by atoms with E-state index in [1.54, 1.807) is 0 Å². The summed E-state index contributed by atoms with van der Waals surface area (Å²) < 4.78 is 26.0. The zero-order valence-corrected chi connectivity index (χ0v) is 12.0. The summed E-state index contributed by atoms with van der Waals surface area (Å²) in [5.41, 5.74) is 5.67. The fourth-order valence-corrected chi connectivity index (χ4v) is 2.22. The van der Waals surface area contributed by atoms with Gasteiger partial charge in [-0.05, 0) is 37.0 Å². The lowest BCUT2D eigenvalue weighted by Gasteiger charge is -2.28. The van der Waals surface area contributed by atoms with Gasteiger partial charge in [0, 0.05) is 19.2 Å². The van der Waals surface area contributed by atoms with Crippen molar-refractivity contribution in [2.75, 3.05) is 13.1 Å². The number of nitrogens with two attached hydrogens (primary N) is 1. The summed E-state index contributed by atoms with van der Waals surface area (Å²) in [4.78, 5) is 12.1. The normalized spacial score (nSPS) is 11.4. The van der Waals surface area contributed by atoms with E-state index in [-0.39, 0.29) is 5.91 Å². The zero-order chi connectivity index (χ0) is 15.2. The van der Waals surface area contributed by atoms with Crippen LogP contribution in [0.15, 0.2) is 18.2 Å². The van der Waals surface area contributed by atoms with E-state index in [2.05, 4.69) is 5.32 Å². The van der Waals surface area contributed by atoms with Gasteiger partial charge in [-0.1, -0.05) is 13.8 Å². The van der Waals surface area contributed by atoms with Gasteiger partial charge in [0.2, 0.25) is 5.91 Å². The third-order valence-corrected chi connectivity index (χ3v) is 3.85. The van der Waals surface area contributed by atoms with Gasteiger partial charge in [-0.15, -0.1) is 0 Å². The SMILES string of the molecule is CCC(CC)(CN)C(=O)NCCc1cc(F)cc(F)c1. The highest BCUT2D eigenvalue weighted by Crippen LogP contribution is 2.24. The summed E-state index contributed by atoms with van der Waals surface area (Å²) in [5.74, 6) is -1.31. The van der Waals surface area contributed by atoms with Crippen LogP contribution in [0.1, 0.15) is 32.3 Å². The van der Waals surface area contributed by atoms with Crippen LogP contribution >= 0.6 is 0 Å². The molecule has 0 fully saturated rings. The molecule has 0 heterocycles. The van der Waals surface area contributed by atoms with Crippen LogP contribution in [0.4, 0.5) is 8.78 Å². The Hall–Kier alpha value is -1.49. The fraction of sp³-hybridized carbons (Fsp3) is 0.533. The molecule has 0 radical (unpaired) electrons. The van der Waals surface area contributed by atoms with E-state index < -0.39 is 17.0 Å². The average molecular weight is 284 g/mol. The molecule has 0 spiro atoms. The van der Waals surface area contributed by atoms with E-state index in [9.17, 15) is 13.6 Å². The summed E-state index contributed by atoms with van der Waals surface area (Å²) in [6, 6.07) is 3.37. The monoisotopic (exact) mass is 284 g/mol. The highest BCUT2D eigenvalue weighted by atomic mass is 19.1. The van der Waals surface area contributed by atoms with Gasteiger partial charge in [0.25, 0.3) is 0 Å². The molecular formula is C15H22F2N2O. The summed E-state index contributed by atoms with van der Waals surface area (Å²) in [6.07, 6.45) is 1.72. The molecule has 3 nitrogen and oxygen atoms in total. The standard InChI is InChI=1S/C15H22F2N2O/c1-3-15(4-2,10-18)14(20)19-6-5-11-7-12(16)9-13(17)8-11/h7-9H,3-6,10,18H2,1-2H3,(H,19,20). The Morgan fingerprint density at radius 2 is 1.75 bits per heavy atom. The molecular weight excluding hydrogens is 262 g/mol. The number of amides is 1. The first-order chi connectivity index (χ1) is 9.47. The molecule has 0 aliphatic carbocycles. The minimum atomic E-state index is -0.607. The molecule has 1 rings (SSSR count). The fourth-order valence-electron chi connectivity index (χ4n) is 2.22. The first-order valence-corrected chi connectivity index (χ1v) is 6.90. The van der Waals surface area contributed by atoms with Crippen LogP contribution in [0, 0.1) is 17.0 Å². The number of benzene rings is 1. The molecule has 1 amide bonds. The molecule has 0 aliphatic heterocycles. The van der Waals surface area contributed by atoms with Crippen LogP contribution < -0.4 is 11.1 Å². The number of hydrogen-bond acceptors (Lipinski definition) is 2. The van der Waals surface area contributed by atoms with Gasteiger partial charge in [0.15, 0.2) is 0 Å². The van der Waals surface area contributed by atoms with E-state index in [1.807, 2.05) is 13.8 Å². The lowest BCUT2D eigenvalue weighted by molar-refractivity contribution is -0.131. The zero-order valence-electron chi connectivity index (χ0n) is 12.0. The molecule has 0 bridgehead atoms. The van der Waals surface area contributed by atoms with Crippen molar-refractivity contribution in [3.63, 3.8) is 0 Å². The number of hydrogen-bond donors (Lipinski definition) is 2. The smallest absolute Gasteiger partial charge is 0.227 e. The van der Waals surface area contributed by atoms with Crippen LogP contribution in [0.3, 0.4) is 0 Å². The number of halogens is 2. The van der Waals surface area contributed by atoms with Gasteiger partial charge >= 0.3 is 0 Å². The topological polar surface area (TPSA) is 55.1 Å². The van der Waals surface area contributed by atoms with Crippen molar-refractivity contribution in [3.05, 3.63) is 35.4 Å².